The average Bonchev–Trinajstić information content (AvgIpc) is 2.44. The van der Waals surface area contributed by atoms with E-state index in [1.807, 2.05) is 19.1 Å². The Kier molecular flexibility index (Phi) is 6.39. The van der Waals surface area contributed by atoms with Crippen molar-refractivity contribution in [2.24, 2.45) is 5.92 Å². The quantitative estimate of drug-likeness (QED) is 0.646. The fraction of sp³-hybridized carbons (Fsp3) is 0.625. The summed E-state index contributed by atoms with van der Waals surface area (Å²) in [6.45, 7) is 8.95. The standard InChI is InChI=1S/C16H26N4S/c1-13-6-8-17-15(11-13)19-16(21)18-7-4-10-20-9-3-5-14(2)12-20/h6,8,11,14H,3-5,7,9-10,12H2,1-2H3,(H2,17,18,19,21)/t14-/m1/s1. The Morgan fingerprint density at radius 2 is 2.38 bits per heavy atom. The maximum absolute atomic E-state index is 5.29. The van der Waals surface area contributed by atoms with Gasteiger partial charge in [-0.05, 0) is 75.1 Å². The van der Waals surface area contributed by atoms with Crippen molar-refractivity contribution in [1.29, 1.82) is 0 Å². The third-order valence-electron chi connectivity index (χ3n) is 3.83. The first kappa shape index (κ1) is 16.2. The molecule has 2 N–H and O–H groups in total. The number of hydrogen-bond donors (Lipinski definition) is 2. The number of pyridine rings is 1. The van der Waals surface area contributed by atoms with Gasteiger partial charge in [0.1, 0.15) is 5.82 Å². The summed E-state index contributed by atoms with van der Waals surface area (Å²) < 4.78 is 0. The van der Waals surface area contributed by atoms with Gasteiger partial charge in [0.15, 0.2) is 5.11 Å². The number of thiocarbonyl (C=S) groups is 1. The third-order valence-corrected chi connectivity index (χ3v) is 4.08. The van der Waals surface area contributed by atoms with E-state index in [0.717, 1.165) is 31.2 Å². The molecule has 21 heavy (non-hydrogen) atoms. The van der Waals surface area contributed by atoms with Crippen LogP contribution < -0.4 is 10.6 Å². The molecule has 0 amide bonds. The number of hydrogen-bond acceptors (Lipinski definition) is 3. The molecule has 1 saturated heterocycles. The number of aromatic nitrogens is 1. The summed E-state index contributed by atoms with van der Waals surface area (Å²) in [6.07, 6.45) is 5.63. The highest BCUT2D eigenvalue weighted by Gasteiger charge is 2.15. The molecule has 0 saturated carbocycles. The minimum absolute atomic E-state index is 0.653. The summed E-state index contributed by atoms with van der Waals surface area (Å²) in [5.74, 6) is 1.65. The van der Waals surface area contributed by atoms with Gasteiger partial charge in [-0.1, -0.05) is 6.92 Å². The van der Waals surface area contributed by atoms with Crippen LogP contribution in [0.2, 0.25) is 0 Å². The lowest BCUT2D eigenvalue weighted by Crippen LogP contribution is -2.37. The van der Waals surface area contributed by atoms with E-state index < -0.39 is 0 Å². The number of rotatable bonds is 5. The molecule has 0 radical (unpaired) electrons. The molecule has 1 atom stereocenters. The number of piperidine rings is 1. The van der Waals surface area contributed by atoms with Gasteiger partial charge in [-0.3, -0.25) is 0 Å². The summed E-state index contributed by atoms with van der Waals surface area (Å²) in [6, 6.07) is 3.96. The Hall–Kier alpha value is -1.20. The number of likely N-dealkylation sites (tertiary alicyclic amines) is 1. The predicted molar refractivity (Wildman–Crippen MR) is 92.7 cm³/mol. The van der Waals surface area contributed by atoms with E-state index in [4.69, 9.17) is 12.2 Å². The molecule has 1 aliphatic heterocycles. The fourth-order valence-electron chi connectivity index (χ4n) is 2.76. The molecule has 0 aromatic carbocycles. The zero-order chi connectivity index (χ0) is 15.1. The van der Waals surface area contributed by atoms with Crippen molar-refractivity contribution in [2.45, 2.75) is 33.1 Å². The van der Waals surface area contributed by atoms with Crippen LogP contribution in [0.5, 0.6) is 0 Å². The van der Waals surface area contributed by atoms with E-state index in [0.29, 0.717) is 5.11 Å². The monoisotopic (exact) mass is 306 g/mol. The van der Waals surface area contributed by atoms with Crippen LogP contribution in [-0.2, 0) is 0 Å². The maximum Gasteiger partial charge on any atom is 0.171 e. The van der Waals surface area contributed by atoms with Crippen molar-refractivity contribution in [1.82, 2.24) is 15.2 Å². The average molecular weight is 306 g/mol. The SMILES string of the molecule is Cc1ccnc(NC(=S)NCCCN2CCC[C@@H](C)C2)c1. The van der Waals surface area contributed by atoms with E-state index in [-0.39, 0.29) is 0 Å². The Balaban J connectivity index is 1.61. The number of anilines is 1. The van der Waals surface area contributed by atoms with Gasteiger partial charge in [-0.25, -0.2) is 4.98 Å². The van der Waals surface area contributed by atoms with Crippen molar-refractivity contribution in [2.75, 3.05) is 31.5 Å². The lowest BCUT2D eigenvalue weighted by atomic mass is 10.0. The van der Waals surface area contributed by atoms with Gasteiger partial charge in [0, 0.05) is 19.3 Å². The fourth-order valence-corrected chi connectivity index (χ4v) is 2.97. The molecule has 2 rings (SSSR count). The van der Waals surface area contributed by atoms with Gasteiger partial charge in [0.2, 0.25) is 0 Å². The van der Waals surface area contributed by atoms with Crippen molar-refractivity contribution in [3.05, 3.63) is 23.9 Å². The van der Waals surface area contributed by atoms with Crippen molar-refractivity contribution in [3.63, 3.8) is 0 Å². The molecule has 1 fully saturated rings. The maximum atomic E-state index is 5.29. The normalized spacial score (nSPS) is 19.2. The Morgan fingerprint density at radius 3 is 3.14 bits per heavy atom. The first-order chi connectivity index (χ1) is 10.1. The van der Waals surface area contributed by atoms with E-state index in [1.54, 1.807) is 6.20 Å². The van der Waals surface area contributed by atoms with Crippen molar-refractivity contribution in [3.8, 4) is 0 Å². The lowest BCUT2D eigenvalue weighted by molar-refractivity contribution is 0.182. The van der Waals surface area contributed by atoms with Crippen LogP contribution in [0, 0.1) is 12.8 Å². The van der Waals surface area contributed by atoms with Crippen LogP contribution in [0.25, 0.3) is 0 Å². The van der Waals surface area contributed by atoms with Crippen LogP contribution >= 0.6 is 12.2 Å². The predicted octanol–water partition coefficient (Wildman–Crippen LogP) is 2.80. The molecule has 1 aromatic rings. The smallest absolute Gasteiger partial charge is 0.171 e. The zero-order valence-electron chi connectivity index (χ0n) is 13.1. The summed E-state index contributed by atoms with van der Waals surface area (Å²) >= 11 is 5.29. The van der Waals surface area contributed by atoms with E-state index >= 15 is 0 Å². The highest BCUT2D eigenvalue weighted by Crippen LogP contribution is 2.15. The lowest BCUT2D eigenvalue weighted by Gasteiger charge is -2.30. The van der Waals surface area contributed by atoms with Gasteiger partial charge < -0.3 is 15.5 Å². The van der Waals surface area contributed by atoms with Gasteiger partial charge in [0.25, 0.3) is 0 Å². The largest absolute Gasteiger partial charge is 0.362 e. The molecule has 116 valence electrons. The minimum Gasteiger partial charge on any atom is -0.362 e. The summed E-state index contributed by atoms with van der Waals surface area (Å²) in [5, 5.41) is 7.03. The summed E-state index contributed by atoms with van der Waals surface area (Å²) in [4.78, 5) is 6.81. The Bertz CT molecular complexity index is 463. The van der Waals surface area contributed by atoms with Gasteiger partial charge in [0.05, 0.1) is 0 Å². The molecule has 0 spiro atoms. The molecule has 2 heterocycles. The van der Waals surface area contributed by atoms with Crippen LogP contribution in [0.3, 0.4) is 0 Å². The molecule has 0 bridgehead atoms. The van der Waals surface area contributed by atoms with Crippen molar-refractivity contribution >= 4 is 23.1 Å². The second-order valence-electron chi connectivity index (χ2n) is 6.00. The molecular formula is C16H26N4S. The molecule has 4 nitrogen and oxygen atoms in total. The van der Waals surface area contributed by atoms with Crippen LogP contribution in [-0.4, -0.2) is 41.2 Å². The third kappa shape index (κ3) is 5.98. The first-order valence-electron chi connectivity index (χ1n) is 7.83. The highest BCUT2D eigenvalue weighted by molar-refractivity contribution is 7.80. The van der Waals surface area contributed by atoms with Crippen LogP contribution in [0.4, 0.5) is 5.82 Å². The molecule has 0 aliphatic carbocycles. The number of nitrogens with zero attached hydrogens (tertiary/aromatic N) is 2. The second-order valence-corrected chi connectivity index (χ2v) is 6.41. The Labute approximate surface area is 133 Å². The topological polar surface area (TPSA) is 40.2 Å². The van der Waals surface area contributed by atoms with Gasteiger partial charge >= 0.3 is 0 Å². The number of nitrogens with one attached hydrogen (secondary N) is 2. The van der Waals surface area contributed by atoms with Gasteiger partial charge in [-0.2, -0.15) is 0 Å². The van der Waals surface area contributed by atoms with Crippen LogP contribution in [0.1, 0.15) is 31.7 Å². The number of aryl methyl sites for hydroxylation is 1. The Morgan fingerprint density at radius 1 is 1.52 bits per heavy atom. The minimum atomic E-state index is 0.653. The zero-order valence-corrected chi connectivity index (χ0v) is 13.9. The molecule has 1 aliphatic rings. The van der Waals surface area contributed by atoms with Crippen LogP contribution in [0.15, 0.2) is 18.3 Å². The summed E-state index contributed by atoms with van der Waals surface area (Å²) in [7, 11) is 0. The van der Waals surface area contributed by atoms with E-state index in [1.165, 1.54) is 31.5 Å². The van der Waals surface area contributed by atoms with E-state index in [9.17, 15) is 0 Å². The summed E-state index contributed by atoms with van der Waals surface area (Å²) in [5.41, 5.74) is 1.18. The van der Waals surface area contributed by atoms with E-state index in [2.05, 4.69) is 27.4 Å². The molecule has 5 heteroatoms. The highest BCUT2D eigenvalue weighted by atomic mass is 32.1. The molecule has 0 unspecified atom stereocenters. The van der Waals surface area contributed by atoms with Crippen molar-refractivity contribution < 1.29 is 0 Å². The molecule has 1 aromatic heterocycles. The second kappa shape index (κ2) is 8.29. The molecular weight excluding hydrogens is 280 g/mol. The first-order valence-corrected chi connectivity index (χ1v) is 8.24. The van der Waals surface area contributed by atoms with Gasteiger partial charge in [-0.15, -0.1) is 0 Å².